The smallest absolute Gasteiger partial charge is 0.296 e. The van der Waals surface area contributed by atoms with Crippen molar-refractivity contribution >= 4 is 11.3 Å². The van der Waals surface area contributed by atoms with E-state index in [2.05, 4.69) is 4.98 Å². The van der Waals surface area contributed by atoms with Crippen LogP contribution in [0.5, 0.6) is 0 Å². The summed E-state index contributed by atoms with van der Waals surface area (Å²) in [4.78, 5) is 3.53. The molecule has 1 aromatic rings. The first-order chi connectivity index (χ1) is 5.95. The van der Waals surface area contributed by atoms with E-state index >= 15 is 0 Å². The molecule has 1 rings (SSSR count). The van der Waals surface area contributed by atoms with Crippen molar-refractivity contribution in [1.29, 1.82) is 0 Å². The summed E-state index contributed by atoms with van der Waals surface area (Å²) in [5, 5.41) is 10.1. The van der Waals surface area contributed by atoms with E-state index in [0.717, 1.165) is 18.3 Å². The lowest BCUT2D eigenvalue weighted by molar-refractivity contribution is 0.0169. The molecule has 2 nitrogen and oxygen atoms in total. The second-order valence-electron chi connectivity index (χ2n) is 2.54. The van der Waals surface area contributed by atoms with Gasteiger partial charge in [-0.1, -0.05) is 5.92 Å². The molecule has 0 saturated heterocycles. The van der Waals surface area contributed by atoms with Gasteiger partial charge in [0, 0.05) is 12.3 Å². The number of thiazole rings is 1. The molecule has 0 aliphatic rings. The third kappa shape index (κ3) is 2.23. The van der Waals surface area contributed by atoms with Crippen molar-refractivity contribution in [2.24, 2.45) is 0 Å². The van der Waals surface area contributed by atoms with Crippen molar-refractivity contribution < 1.29 is 13.9 Å². The quantitative estimate of drug-likeness (QED) is 0.745. The predicted molar refractivity (Wildman–Crippen MR) is 45.5 cm³/mol. The van der Waals surface area contributed by atoms with Gasteiger partial charge in [0.1, 0.15) is 0 Å². The number of nitrogens with zero attached hydrogens (tertiary/aromatic N) is 1. The molecule has 0 aliphatic carbocycles. The van der Waals surface area contributed by atoms with Crippen LogP contribution < -0.4 is 0 Å². The minimum atomic E-state index is -2.97. The summed E-state index contributed by atoms with van der Waals surface area (Å²) in [5.41, 5.74) is 0.101. The molecule has 1 unspecified atom stereocenters. The van der Waals surface area contributed by atoms with Gasteiger partial charge in [-0.25, -0.2) is 4.98 Å². The van der Waals surface area contributed by atoms with E-state index in [1.54, 1.807) is 0 Å². The molecule has 0 radical (unpaired) electrons. The van der Waals surface area contributed by atoms with E-state index in [1.165, 1.54) is 5.38 Å². The van der Waals surface area contributed by atoms with Crippen LogP contribution in [0.15, 0.2) is 5.38 Å². The Bertz CT molecular complexity index is 337. The second kappa shape index (κ2) is 3.40. The zero-order valence-electron chi connectivity index (χ0n) is 6.79. The molecule has 1 N–H and O–H groups in total. The topological polar surface area (TPSA) is 33.1 Å². The number of hydrogen-bond acceptors (Lipinski definition) is 3. The molecular weight excluding hydrogens is 196 g/mol. The Morgan fingerprint density at radius 2 is 2.38 bits per heavy atom. The third-order valence-electron chi connectivity index (χ3n) is 1.34. The molecule has 13 heavy (non-hydrogen) atoms. The van der Waals surface area contributed by atoms with Crippen molar-refractivity contribution in [2.45, 2.75) is 19.0 Å². The van der Waals surface area contributed by atoms with Gasteiger partial charge in [0.15, 0.2) is 11.1 Å². The Morgan fingerprint density at radius 1 is 1.77 bits per heavy atom. The largest absolute Gasteiger partial charge is 0.374 e. The van der Waals surface area contributed by atoms with Crippen molar-refractivity contribution in [2.75, 3.05) is 0 Å². The molecule has 1 heterocycles. The average molecular weight is 203 g/mol. The van der Waals surface area contributed by atoms with Crippen molar-refractivity contribution in [1.82, 2.24) is 4.98 Å². The van der Waals surface area contributed by atoms with E-state index in [-0.39, 0.29) is 10.7 Å². The van der Waals surface area contributed by atoms with Gasteiger partial charge in [-0.2, -0.15) is 8.78 Å². The van der Waals surface area contributed by atoms with Crippen molar-refractivity contribution in [3.8, 4) is 12.3 Å². The fourth-order valence-electron chi connectivity index (χ4n) is 0.699. The van der Waals surface area contributed by atoms with Gasteiger partial charge in [-0.3, -0.25) is 0 Å². The van der Waals surface area contributed by atoms with Gasteiger partial charge in [0.2, 0.25) is 0 Å². The predicted octanol–water partition coefficient (Wildman–Crippen LogP) is 1.92. The van der Waals surface area contributed by atoms with E-state index in [4.69, 9.17) is 11.5 Å². The Hall–Kier alpha value is -0.990. The molecule has 0 fully saturated rings. The number of halogens is 2. The van der Waals surface area contributed by atoms with E-state index in [1.807, 2.05) is 5.92 Å². The minimum Gasteiger partial charge on any atom is -0.374 e. The van der Waals surface area contributed by atoms with E-state index in [9.17, 15) is 8.78 Å². The highest BCUT2D eigenvalue weighted by Gasteiger charge is 2.28. The maximum Gasteiger partial charge on any atom is 0.296 e. The van der Waals surface area contributed by atoms with Crippen molar-refractivity contribution in [3.63, 3.8) is 0 Å². The highest BCUT2D eigenvalue weighted by molar-refractivity contribution is 7.09. The zero-order valence-corrected chi connectivity index (χ0v) is 7.61. The normalized spacial score (nSPS) is 13.8. The molecule has 1 atom stereocenters. The van der Waals surface area contributed by atoms with Crippen LogP contribution in [0.1, 0.15) is 23.7 Å². The van der Waals surface area contributed by atoms with E-state index < -0.39 is 12.0 Å². The first-order valence-electron chi connectivity index (χ1n) is 3.43. The van der Waals surface area contributed by atoms with Crippen LogP contribution in [0.3, 0.4) is 0 Å². The maximum atomic E-state index is 12.6. The Labute approximate surface area is 78.2 Å². The number of aliphatic hydroxyl groups is 1. The van der Waals surface area contributed by atoms with Gasteiger partial charge in [-0.15, -0.1) is 17.8 Å². The van der Waals surface area contributed by atoms with Gasteiger partial charge >= 0.3 is 0 Å². The van der Waals surface area contributed by atoms with Gasteiger partial charge in [0.25, 0.3) is 5.92 Å². The first kappa shape index (κ1) is 10.1. The molecule has 0 saturated carbocycles. The highest BCUT2D eigenvalue weighted by Crippen LogP contribution is 2.30. The standard InChI is InChI=1S/C8H7F2NOS/c1-3-6(12)5-4-13-7(11-5)8(2,9)10/h1,4,6,12H,2H3. The average Bonchev–Trinajstić information content (AvgIpc) is 2.50. The minimum absolute atomic E-state index is 0.101. The summed E-state index contributed by atoms with van der Waals surface area (Å²) < 4.78 is 25.3. The lowest BCUT2D eigenvalue weighted by Gasteiger charge is -2.04. The number of aromatic nitrogens is 1. The monoisotopic (exact) mass is 203 g/mol. The SMILES string of the molecule is C#CC(O)c1csc(C(C)(F)F)n1. The summed E-state index contributed by atoms with van der Waals surface area (Å²) >= 11 is 0.784. The van der Waals surface area contributed by atoms with E-state index in [0.29, 0.717) is 0 Å². The van der Waals surface area contributed by atoms with Crippen LogP contribution in [-0.2, 0) is 5.92 Å². The Balaban J connectivity index is 2.95. The number of alkyl halides is 2. The van der Waals surface area contributed by atoms with Gasteiger partial charge in [-0.05, 0) is 0 Å². The number of terminal acetylenes is 1. The lowest BCUT2D eigenvalue weighted by Crippen LogP contribution is -2.06. The molecule has 5 heteroatoms. The fraction of sp³-hybridized carbons (Fsp3) is 0.375. The summed E-state index contributed by atoms with van der Waals surface area (Å²) in [7, 11) is 0. The van der Waals surface area contributed by atoms with Gasteiger partial charge in [0.05, 0.1) is 5.69 Å². The van der Waals surface area contributed by atoms with Crippen molar-refractivity contribution in [3.05, 3.63) is 16.1 Å². The second-order valence-corrected chi connectivity index (χ2v) is 3.39. The molecule has 70 valence electrons. The fourth-order valence-corrected chi connectivity index (χ4v) is 1.48. The molecule has 0 bridgehead atoms. The molecule has 1 aromatic heterocycles. The number of rotatable bonds is 2. The number of aliphatic hydroxyl groups excluding tert-OH is 1. The first-order valence-corrected chi connectivity index (χ1v) is 4.31. The highest BCUT2D eigenvalue weighted by atomic mass is 32.1. The third-order valence-corrected chi connectivity index (χ3v) is 2.37. The Morgan fingerprint density at radius 3 is 2.77 bits per heavy atom. The van der Waals surface area contributed by atoms with Crippen LogP contribution >= 0.6 is 11.3 Å². The lowest BCUT2D eigenvalue weighted by atomic mass is 10.3. The Kier molecular flexibility index (Phi) is 2.64. The van der Waals surface area contributed by atoms with Crippen LogP contribution in [0.4, 0.5) is 8.78 Å². The zero-order chi connectivity index (χ0) is 10.1. The van der Waals surface area contributed by atoms with Crippen LogP contribution in [0.25, 0.3) is 0 Å². The van der Waals surface area contributed by atoms with Gasteiger partial charge < -0.3 is 5.11 Å². The maximum absolute atomic E-state index is 12.6. The molecular formula is C8H7F2NOS. The molecule has 0 amide bonds. The molecule has 0 spiro atoms. The van der Waals surface area contributed by atoms with Crippen LogP contribution in [0.2, 0.25) is 0 Å². The van der Waals surface area contributed by atoms with Crippen LogP contribution in [-0.4, -0.2) is 10.1 Å². The van der Waals surface area contributed by atoms with Crippen LogP contribution in [0, 0.1) is 12.3 Å². The summed E-state index contributed by atoms with van der Waals surface area (Å²) in [6.45, 7) is 0.748. The molecule has 0 aromatic carbocycles. The summed E-state index contributed by atoms with van der Waals surface area (Å²) in [5.74, 6) is -0.974. The number of hydrogen-bond donors (Lipinski definition) is 1. The molecule has 0 aliphatic heterocycles. The summed E-state index contributed by atoms with van der Waals surface area (Å²) in [6, 6.07) is 0. The summed E-state index contributed by atoms with van der Waals surface area (Å²) in [6.07, 6.45) is 3.70.